The molecule has 15 heavy (non-hydrogen) atoms. The third kappa shape index (κ3) is 3.67. The lowest BCUT2D eigenvalue weighted by Crippen LogP contribution is -2.15. The van der Waals surface area contributed by atoms with E-state index < -0.39 is 0 Å². The Morgan fingerprint density at radius 2 is 1.73 bits per heavy atom. The van der Waals surface area contributed by atoms with Crippen LogP contribution in [-0.4, -0.2) is 6.61 Å². The lowest BCUT2D eigenvalue weighted by molar-refractivity contribution is 0.209. The van der Waals surface area contributed by atoms with Crippen LogP contribution in [0.4, 0.5) is 0 Å². The van der Waals surface area contributed by atoms with E-state index in [1.54, 1.807) is 0 Å². The van der Waals surface area contributed by atoms with Crippen LogP contribution in [0, 0.1) is 9.49 Å². The van der Waals surface area contributed by atoms with E-state index in [2.05, 4.69) is 46.9 Å². The average Bonchev–Trinajstić information content (AvgIpc) is 2.30. The average molecular weight is 316 g/mol. The molecule has 0 N–H and O–H groups in total. The van der Waals surface area contributed by atoms with Crippen molar-refractivity contribution in [2.45, 2.75) is 32.1 Å². The molecule has 1 fully saturated rings. The molecular formula is C13H17IO. The lowest BCUT2D eigenvalue weighted by Gasteiger charge is -2.21. The molecule has 0 radical (unpaired) electrons. The standard InChI is InChI=1S/C13H17IO/c14-12-6-8-13(9-7-12)15-10-11-4-2-1-3-5-11/h6-9,11H,1-5,10H2. The maximum Gasteiger partial charge on any atom is 0.119 e. The zero-order valence-electron chi connectivity index (χ0n) is 8.92. The Morgan fingerprint density at radius 1 is 1.07 bits per heavy atom. The van der Waals surface area contributed by atoms with Gasteiger partial charge in [0, 0.05) is 3.57 Å². The second-order valence-electron chi connectivity index (χ2n) is 4.27. The van der Waals surface area contributed by atoms with Gasteiger partial charge in [-0.2, -0.15) is 0 Å². The normalized spacial score (nSPS) is 17.7. The predicted octanol–water partition coefficient (Wildman–Crippen LogP) is 4.25. The smallest absolute Gasteiger partial charge is 0.119 e. The van der Waals surface area contributed by atoms with Crippen LogP contribution in [0.2, 0.25) is 0 Å². The number of rotatable bonds is 3. The van der Waals surface area contributed by atoms with Crippen LogP contribution in [0.5, 0.6) is 5.75 Å². The minimum Gasteiger partial charge on any atom is -0.493 e. The second kappa shape index (κ2) is 5.73. The molecule has 1 aliphatic carbocycles. The molecule has 1 aromatic rings. The summed E-state index contributed by atoms with van der Waals surface area (Å²) in [5.41, 5.74) is 0. The molecule has 0 spiro atoms. The summed E-state index contributed by atoms with van der Waals surface area (Å²) in [5.74, 6) is 1.80. The van der Waals surface area contributed by atoms with Crippen molar-refractivity contribution in [1.29, 1.82) is 0 Å². The summed E-state index contributed by atoms with van der Waals surface area (Å²) in [4.78, 5) is 0. The molecule has 0 amide bonds. The van der Waals surface area contributed by atoms with Crippen molar-refractivity contribution in [3.63, 3.8) is 0 Å². The van der Waals surface area contributed by atoms with Crippen LogP contribution in [0.15, 0.2) is 24.3 Å². The molecule has 1 aromatic carbocycles. The summed E-state index contributed by atoms with van der Waals surface area (Å²) in [6.07, 6.45) is 6.90. The van der Waals surface area contributed by atoms with Gasteiger partial charge in [0.1, 0.15) is 5.75 Å². The summed E-state index contributed by atoms with van der Waals surface area (Å²) in [6.45, 7) is 0.903. The Balaban J connectivity index is 1.79. The first-order valence-corrected chi connectivity index (χ1v) is 6.81. The molecule has 82 valence electrons. The fourth-order valence-electron chi connectivity index (χ4n) is 2.10. The Hall–Kier alpha value is -0.250. The minimum atomic E-state index is 0.790. The summed E-state index contributed by atoms with van der Waals surface area (Å²) < 4.78 is 7.06. The van der Waals surface area contributed by atoms with Gasteiger partial charge in [0.05, 0.1) is 6.61 Å². The predicted molar refractivity (Wildman–Crippen MR) is 71.2 cm³/mol. The molecule has 1 saturated carbocycles. The molecule has 0 bridgehead atoms. The van der Waals surface area contributed by atoms with Crippen molar-refractivity contribution in [1.82, 2.24) is 0 Å². The number of halogens is 1. The van der Waals surface area contributed by atoms with Crippen molar-refractivity contribution in [2.24, 2.45) is 5.92 Å². The highest BCUT2D eigenvalue weighted by molar-refractivity contribution is 14.1. The first kappa shape index (κ1) is 11.2. The molecule has 1 aliphatic rings. The van der Waals surface area contributed by atoms with E-state index in [0.717, 1.165) is 18.3 Å². The van der Waals surface area contributed by atoms with E-state index in [4.69, 9.17) is 4.74 Å². The van der Waals surface area contributed by atoms with E-state index in [1.165, 1.54) is 35.7 Å². The van der Waals surface area contributed by atoms with Crippen molar-refractivity contribution in [2.75, 3.05) is 6.61 Å². The molecule has 1 nitrogen and oxygen atoms in total. The summed E-state index contributed by atoms with van der Waals surface area (Å²) in [5, 5.41) is 0. The summed E-state index contributed by atoms with van der Waals surface area (Å²) >= 11 is 2.31. The first-order chi connectivity index (χ1) is 7.34. The van der Waals surface area contributed by atoms with Crippen LogP contribution >= 0.6 is 22.6 Å². The highest BCUT2D eigenvalue weighted by Crippen LogP contribution is 2.24. The Labute approximate surface area is 105 Å². The van der Waals surface area contributed by atoms with Crippen LogP contribution in [0.1, 0.15) is 32.1 Å². The minimum absolute atomic E-state index is 0.790. The molecule has 0 aliphatic heterocycles. The largest absolute Gasteiger partial charge is 0.493 e. The Bertz CT molecular complexity index is 288. The second-order valence-corrected chi connectivity index (χ2v) is 5.51. The lowest BCUT2D eigenvalue weighted by atomic mass is 9.90. The molecule has 0 heterocycles. The summed E-state index contributed by atoms with van der Waals surface area (Å²) in [6, 6.07) is 8.31. The number of hydrogen-bond acceptors (Lipinski definition) is 1. The maximum atomic E-state index is 5.80. The van der Waals surface area contributed by atoms with Crippen LogP contribution in [0.3, 0.4) is 0 Å². The van der Waals surface area contributed by atoms with Gasteiger partial charge in [-0.15, -0.1) is 0 Å². The van der Waals surface area contributed by atoms with Crippen LogP contribution in [0.25, 0.3) is 0 Å². The van der Waals surface area contributed by atoms with E-state index in [1.807, 2.05) is 0 Å². The molecule has 0 aromatic heterocycles. The zero-order valence-corrected chi connectivity index (χ0v) is 11.1. The SMILES string of the molecule is Ic1ccc(OCC2CCCCC2)cc1. The number of hydrogen-bond donors (Lipinski definition) is 0. The topological polar surface area (TPSA) is 9.23 Å². The summed E-state index contributed by atoms with van der Waals surface area (Å²) in [7, 11) is 0. The van der Waals surface area contributed by atoms with Gasteiger partial charge in [0.2, 0.25) is 0 Å². The Kier molecular flexibility index (Phi) is 4.29. The van der Waals surface area contributed by atoms with Gasteiger partial charge in [-0.25, -0.2) is 0 Å². The van der Waals surface area contributed by atoms with Crippen molar-refractivity contribution < 1.29 is 4.74 Å². The molecule has 0 unspecified atom stereocenters. The third-order valence-electron chi connectivity index (χ3n) is 3.02. The first-order valence-electron chi connectivity index (χ1n) is 5.73. The van der Waals surface area contributed by atoms with E-state index in [0.29, 0.717) is 0 Å². The van der Waals surface area contributed by atoms with Gasteiger partial charge >= 0.3 is 0 Å². The van der Waals surface area contributed by atoms with E-state index >= 15 is 0 Å². The van der Waals surface area contributed by atoms with Gasteiger partial charge in [0.25, 0.3) is 0 Å². The number of ether oxygens (including phenoxy) is 1. The monoisotopic (exact) mass is 316 g/mol. The Morgan fingerprint density at radius 3 is 2.40 bits per heavy atom. The van der Waals surface area contributed by atoms with Crippen LogP contribution in [-0.2, 0) is 0 Å². The van der Waals surface area contributed by atoms with Crippen molar-refractivity contribution >= 4 is 22.6 Å². The van der Waals surface area contributed by atoms with E-state index in [9.17, 15) is 0 Å². The fraction of sp³-hybridized carbons (Fsp3) is 0.538. The van der Waals surface area contributed by atoms with Gasteiger partial charge in [-0.05, 0) is 65.6 Å². The quantitative estimate of drug-likeness (QED) is 0.758. The van der Waals surface area contributed by atoms with Gasteiger partial charge in [-0.3, -0.25) is 0 Å². The number of benzene rings is 1. The van der Waals surface area contributed by atoms with Crippen molar-refractivity contribution in [3.05, 3.63) is 27.8 Å². The van der Waals surface area contributed by atoms with Crippen LogP contribution < -0.4 is 4.74 Å². The third-order valence-corrected chi connectivity index (χ3v) is 3.74. The van der Waals surface area contributed by atoms with Gasteiger partial charge in [-0.1, -0.05) is 19.3 Å². The van der Waals surface area contributed by atoms with Gasteiger partial charge < -0.3 is 4.74 Å². The highest BCUT2D eigenvalue weighted by Gasteiger charge is 2.13. The molecular weight excluding hydrogens is 299 g/mol. The zero-order chi connectivity index (χ0) is 10.5. The molecule has 0 atom stereocenters. The maximum absolute atomic E-state index is 5.80. The van der Waals surface area contributed by atoms with Gasteiger partial charge in [0.15, 0.2) is 0 Å². The highest BCUT2D eigenvalue weighted by atomic mass is 127. The molecule has 0 saturated heterocycles. The van der Waals surface area contributed by atoms with E-state index in [-0.39, 0.29) is 0 Å². The molecule has 2 heteroatoms. The fourth-order valence-corrected chi connectivity index (χ4v) is 2.46. The van der Waals surface area contributed by atoms with Crippen molar-refractivity contribution in [3.8, 4) is 5.75 Å². The molecule has 2 rings (SSSR count).